The normalized spacial score (nSPS) is 15.5. The van der Waals surface area contributed by atoms with Gasteiger partial charge in [-0.3, -0.25) is 9.69 Å². The number of hydrogen-bond acceptors (Lipinski definition) is 4. The first kappa shape index (κ1) is 20.9. The molecule has 0 saturated carbocycles. The van der Waals surface area contributed by atoms with Gasteiger partial charge in [0, 0.05) is 18.3 Å². The minimum Gasteiger partial charge on any atom is -0.445 e. The quantitative estimate of drug-likeness (QED) is 0.563. The second-order valence-corrected chi connectivity index (χ2v) is 7.63. The number of carbonyl (C=O) groups is 2. The Balaban J connectivity index is 1.48. The summed E-state index contributed by atoms with van der Waals surface area (Å²) in [5.41, 5.74) is 3.01. The van der Waals surface area contributed by atoms with Crippen molar-refractivity contribution in [1.82, 2.24) is 9.88 Å². The molecule has 6 nitrogen and oxygen atoms in total. The van der Waals surface area contributed by atoms with E-state index in [9.17, 15) is 9.59 Å². The average Bonchev–Trinajstić information content (AvgIpc) is 3.30. The summed E-state index contributed by atoms with van der Waals surface area (Å²) >= 11 is 6.32. The van der Waals surface area contributed by atoms with Gasteiger partial charge >= 0.3 is 6.09 Å². The number of ether oxygens (including phenoxy) is 1. The van der Waals surface area contributed by atoms with E-state index in [1.165, 1.54) is 4.90 Å². The molecule has 0 radical (unpaired) electrons. The number of nitrogens with one attached hydrogen (secondary N) is 1. The van der Waals surface area contributed by atoms with Crippen molar-refractivity contribution in [2.45, 2.75) is 25.5 Å². The molecule has 2 amide bonds. The molecule has 0 aliphatic carbocycles. The Morgan fingerprint density at radius 1 is 1.06 bits per heavy atom. The van der Waals surface area contributed by atoms with Gasteiger partial charge in [0.2, 0.25) is 5.91 Å². The lowest BCUT2D eigenvalue weighted by molar-refractivity contribution is -0.120. The molecule has 31 heavy (non-hydrogen) atoms. The third-order valence-corrected chi connectivity index (χ3v) is 5.52. The molecular weight excluding hydrogens is 414 g/mol. The topological polar surface area (TPSA) is 71.5 Å². The molecule has 1 aromatic heterocycles. The van der Waals surface area contributed by atoms with Gasteiger partial charge in [-0.05, 0) is 30.0 Å². The van der Waals surface area contributed by atoms with E-state index in [0.29, 0.717) is 18.7 Å². The van der Waals surface area contributed by atoms with Crippen molar-refractivity contribution in [2.75, 3.05) is 11.9 Å². The molecule has 1 N–H and O–H groups in total. The Morgan fingerprint density at radius 2 is 1.77 bits per heavy atom. The molecule has 4 rings (SSSR count). The van der Waals surface area contributed by atoms with Crippen LogP contribution in [0.3, 0.4) is 0 Å². The van der Waals surface area contributed by atoms with Crippen LogP contribution in [0, 0.1) is 0 Å². The molecule has 7 heteroatoms. The van der Waals surface area contributed by atoms with Crippen LogP contribution in [0.2, 0.25) is 5.15 Å². The smallest absolute Gasteiger partial charge is 0.410 e. The van der Waals surface area contributed by atoms with E-state index in [4.69, 9.17) is 16.3 Å². The van der Waals surface area contributed by atoms with Gasteiger partial charge in [-0.15, -0.1) is 0 Å². The lowest BCUT2D eigenvalue weighted by Crippen LogP contribution is -2.43. The number of amides is 2. The van der Waals surface area contributed by atoms with Gasteiger partial charge in [0.25, 0.3) is 0 Å². The average molecular weight is 436 g/mol. The predicted octanol–water partition coefficient (Wildman–Crippen LogP) is 5.14. The monoisotopic (exact) mass is 435 g/mol. The zero-order chi connectivity index (χ0) is 21.6. The van der Waals surface area contributed by atoms with Gasteiger partial charge in [-0.1, -0.05) is 72.3 Å². The number of halogens is 1. The predicted molar refractivity (Wildman–Crippen MR) is 120 cm³/mol. The molecule has 1 atom stereocenters. The highest BCUT2D eigenvalue weighted by molar-refractivity contribution is 6.33. The zero-order valence-electron chi connectivity index (χ0n) is 16.8. The summed E-state index contributed by atoms with van der Waals surface area (Å²) in [4.78, 5) is 31.3. The Hall–Kier alpha value is -3.38. The number of pyridine rings is 1. The fourth-order valence-corrected chi connectivity index (χ4v) is 3.89. The largest absolute Gasteiger partial charge is 0.445 e. The van der Waals surface area contributed by atoms with Crippen LogP contribution in [-0.4, -0.2) is 34.5 Å². The lowest BCUT2D eigenvalue weighted by atomic mass is 10.1. The molecule has 158 valence electrons. The molecule has 1 aliphatic rings. The van der Waals surface area contributed by atoms with Crippen molar-refractivity contribution in [3.8, 4) is 11.1 Å². The van der Waals surface area contributed by atoms with Crippen molar-refractivity contribution in [3.05, 3.63) is 83.6 Å². The van der Waals surface area contributed by atoms with Crippen LogP contribution < -0.4 is 5.32 Å². The van der Waals surface area contributed by atoms with Crippen LogP contribution in [0.1, 0.15) is 18.4 Å². The van der Waals surface area contributed by atoms with Gasteiger partial charge in [-0.2, -0.15) is 0 Å². The third-order valence-electron chi connectivity index (χ3n) is 5.23. The summed E-state index contributed by atoms with van der Waals surface area (Å²) in [6.45, 7) is 0.634. The summed E-state index contributed by atoms with van der Waals surface area (Å²) in [5.74, 6) is -0.304. The van der Waals surface area contributed by atoms with Crippen molar-refractivity contribution < 1.29 is 14.3 Å². The molecule has 1 fully saturated rings. The van der Waals surface area contributed by atoms with E-state index in [1.807, 2.05) is 60.7 Å². The molecule has 0 bridgehead atoms. The van der Waals surface area contributed by atoms with E-state index in [0.717, 1.165) is 23.1 Å². The van der Waals surface area contributed by atoms with Gasteiger partial charge in [0.1, 0.15) is 12.6 Å². The van der Waals surface area contributed by atoms with Crippen molar-refractivity contribution in [1.29, 1.82) is 0 Å². The van der Waals surface area contributed by atoms with E-state index in [-0.39, 0.29) is 17.7 Å². The first-order valence-corrected chi connectivity index (χ1v) is 10.5. The first-order valence-electron chi connectivity index (χ1n) is 10.1. The van der Waals surface area contributed by atoms with E-state index in [2.05, 4.69) is 10.3 Å². The van der Waals surface area contributed by atoms with Crippen LogP contribution in [0.25, 0.3) is 11.1 Å². The second-order valence-electron chi connectivity index (χ2n) is 7.27. The molecular formula is C24H22ClN3O3. The Labute approximate surface area is 185 Å². The maximum absolute atomic E-state index is 13.1. The van der Waals surface area contributed by atoms with Crippen molar-refractivity contribution >= 4 is 29.3 Å². The maximum atomic E-state index is 13.1. The lowest BCUT2D eigenvalue weighted by Gasteiger charge is -2.24. The summed E-state index contributed by atoms with van der Waals surface area (Å²) in [7, 11) is 0. The van der Waals surface area contributed by atoms with Crippen LogP contribution in [0.5, 0.6) is 0 Å². The Kier molecular flexibility index (Phi) is 6.48. The van der Waals surface area contributed by atoms with Crippen molar-refractivity contribution in [2.24, 2.45) is 0 Å². The highest BCUT2D eigenvalue weighted by Gasteiger charge is 2.35. The van der Waals surface area contributed by atoms with Crippen LogP contribution in [0.15, 0.2) is 72.9 Å². The van der Waals surface area contributed by atoms with Crippen LogP contribution >= 0.6 is 11.6 Å². The fourth-order valence-electron chi connectivity index (χ4n) is 3.68. The number of aromatic nitrogens is 1. The first-order chi connectivity index (χ1) is 15.1. The number of anilines is 1. The van der Waals surface area contributed by atoms with E-state index in [1.54, 1.807) is 12.3 Å². The van der Waals surface area contributed by atoms with Crippen LogP contribution in [0.4, 0.5) is 10.5 Å². The molecule has 1 saturated heterocycles. The molecule has 3 aromatic rings. The Morgan fingerprint density at radius 3 is 2.52 bits per heavy atom. The SMILES string of the molecule is O=C(Nc1c(-c2ccccc2)ccnc1Cl)[C@@H]1CCCN1C(=O)OCc1ccccc1. The highest BCUT2D eigenvalue weighted by atomic mass is 35.5. The van der Waals surface area contributed by atoms with Gasteiger partial charge < -0.3 is 10.1 Å². The maximum Gasteiger partial charge on any atom is 0.410 e. The summed E-state index contributed by atoms with van der Waals surface area (Å²) in [6.07, 6.45) is 2.39. The number of carbonyl (C=O) groups excluding carboxylic acids is 2. The number of likely N-dealkylation sites (tertiary alicyclic amines) is 1. The highest BCUT2D eigenvalue weighted by Crippen LogP contribution is 2.33. The van der Waals surface area contributed by atoms with Gasteiger partial charge in [-0.25, -0.2) is 9.78 Å². The Bertz CT molecular complexity index is 1060. The molecule has 0 spiro atoms. The molecule has 0 unspecified atom stereocenters. The summed E-state index contributed by atoms with van der Waals surface area (Å²) in [5, 5.41) is 3.09. The second kappa shape index (κ2) is 9.62. The van der Waals surface area contributed by atoms with E-state index < -0.39 is 12.1 Å². The molecule has 2 aromatic carbocycles. The van der Waals surface area contributed by atoms with Crippen molar-refractivity contribution in [3.63, 3.8) is 0 Å². The number of nitrogens with zero attached hydrogens (tertiary/aromatic N) is 2. The number of hydrogen-bond donors (Lipinski definition) is 1. The fraction of sp³-hybridized carbons (Fsp3) is 0.208. The minimum atomic E-state index is -0.622. The van der Waals surface area contributed by atoms with Crippen LogP contribution in [-0.2, 0) is 16.1 Å². The standard InChI is InChI=1S/C24H22ClN3O3/c25-22-21(19(13-14-26-22)18-10-5-2-6-11-18)27-23(29)20-12-7-15-28(20)24(30)31-16-17-8-3-1-4-9-17/h1-6,8-11,13-14,20H,7,12,15-16H2,(H,27,29)/t20-/m0/s1. The zero-order valence-corrected chi connectivity index (χ0v) is 17.6. The summed E-state index contributed by atoms with van der Waals surface area (Å²) < 4.78 is 5.43. The van der Waals surface area contributed by atoms with Gasteiger partial charge in [0.15, 0.2) is 5.15 Å². The van der Waals surface area contributed by atoms with E-state index >= 15 is 0 Å². The molecule has 2 heterocycles. The minimum absolute atomic E-state index is 0.164. The number of benzene rings is 2. The third kappa shape index (κ3) is 4.86. The molecule has 1 aliphatic heterocycles. The summed E-state index contributed by atoms with van der Waals surface area (Å²) in [6, 6.07) is 20.2. The number of rotatable bonds is 5. The van der Waals surface area contributed by atoms with Gasteiger partial charge in [0.05, 0.1) is 5.69 Å².